The topological polar surface area (TPSA) is 19.4 Å². The molecule has 0 bridgehead atoms. The van der Waals surface area contributed by atoms with Crippen LogP contribution in [0.25, 0.3) is 0 Å². The number of aromatic nitrogens is 1. The molecular weight excluding hydrogens is 266 g/mol. The first kappa shape index (κ1) is 15.2. The zero-order chi connectivity index (χ0) is 14.4. The van der Waals surface area contributed by atoms with Crippen LogP contribution in [0.3, 0.4) is 0 Å². The van der Waals surface area contributed by atoms with Gasteiger partial charge in [0.2, 0.25) is 0 Å². The number of hydrogen-bond acceptors (Lipinski definition) is 4. The summed E-state index contributed by atoms with van der Waals surface area (Å²) in [6.07, 6.45) is 0. The summed E-state index contributed by atoms with van der Waals surface area (Å²) in [4.78, 5) is 9.31. The van der Waals surface area contributed by atoms with Crippen molar-refractivity contribution in [1.82, 2.24) is 14.8 Å². The van der Waals surface area contributed by atoms with Crippen molar-refractivity contribution in [3.63, 3.8) is 0 Å². The first-order chi connectivity index (χ1) is 9.63. The molecular formula is C16H23N3S. The Kier molecular flexibility index (Phi) is 5.71. The molecule has 0 saturated carbocycles. The van der Waals surface area contributed by atoms with E-state index in [1.165, 1.54) is 5.56 Å². The van der Waals surface area contributed by atoms with Gasteiger partial charge in [-0.3, -0.25) is 9.88 Å². The van der Waals surface area contributed by atoms with Crippen LogP contribution in [0.2, 0.25) is 0 Å². The molecule has 0 unspecified atom stereocenters. The molecule has 4 heteroatoms. The summed E-state index contributed by atoms with van der Waals surface area (Å²) in [6.45, 7) is 6.07. The summed E-state index contributed by atoms with van der Waals surface area (Å²) in [7, 11) is 4.24. The van der Waals surface area contributed by atoms with Crippen molar-refractivity contribution in [2.24, 2.45) is 0 Å². The molecule has 0 fully saturated rings. The van der Waals surface area contributed by atoms with E-state index in [0.717, 1.165) is 37.6 Å². The first-order valence-electron chi connectivity index (χ1n) is 6.94. The summed E-state index contributed by atoms with van der Waals surface area (Å²) in [5.41, 5.74) is 3.63. The highest BCUT2D eigenvalue weighted by atomic mass is 32.1. The Hall–Kier alpha value is -1.23. The third-order valence-corrected chi connectivity index (χ3v) is 3.91. The highest BCUT2D eigenvalue weighted by Gasteiger charge is 2.09. The Morgan fingerprint density at radius 3 is 2.60 bits per heavy atom. The fourth-order valence-electron chi connectivity index (χ4n) is 2.11. The van der Waals surface area contributed by atoms with Gasteiger partial charge in [-0.25, -0.2) is 0 Å². The standard InChI is InChI=1S/C16H23N3S/c1-14-5-4-6-16(17-14)12-19(9-8-18(2)3)11-15-7-10-20-13-15/h4-7,10,13H,8-9,11-12H2,1-3H3. The van der Waals surface area contributed by atoms with E-state index < -0.39 is 0 Å². The fourth-order valence-corrected chi connectivity index (χ4v) is 2.77. The second-order valence-corrected chi connectivity index (χ2v) is 6.20. The van der Waals surface area contributed by atoms with E-state index in [1.807, 2.05) is 13.0 Å². The van der Waals surface area contributed by atoms with Gasteiger partial charge in [0.15, 0.2) is 0 Å². The minimum atomic E-state index is 0.908. The van der Waals surface area contributed by atoms with Crippen molar-refractivity contribution < 1.29 is 0 Å². The normalized spacial score (nSPS) is 11.4. The molecule has 0 saturated heterocycles. The summed E-state index contributed by atoms with van der Waals surface area (Å²) in [6, 6.07) is 8.46. The highest BCUT2D eigenvalue weighted by molar-refractivity contribution is 7.07. The van der Waals surface area contributed by atoms with Crippen LogP contribution in [-0.4, -0.2) is 42.0 Å². The van der Waals surface area contributed by atoms with Gasteiger partial charge in [0.25, 0.3) is 0 Å². The van der Waals surface area contributed by atoms with Gasteiger partial charge < -0.3 is 4.90 Å². The smallest absolute Gasteiger partial charge is 0.0547 e. The van der Waals surface area contributed by atoms with Crippen molar-refractivity contribution in [1.29, 1.82) is 0 Å². The van der Waals surface area contributed by atoms with Crippen molar-refractivity contribution >= 4 is 11.3 Å². The summed E-state index contributed by atoms with van der Waals surface area (Å²) < 4.78 is 0. The second-order valence-electron chi connectivity index (χ2n) is 5.42. The number of nitrogens with zero attached hydrogens (tertiary/aromatic N) is 3. The molecule has 0 N–H and O–H groups in total. The SMILES string of the molecule is Cc1cccc(CN(CCN(C)C)Cc2ccsc2)n1. The van der Waals surface area contributed by atoms with Gasteiger partial charge >= 0.3 is 0 Å². The predicted molar refractivity (Wildman–Crippen MR) is 86.0 cm³/mol. The minimum Gasteiger partial charge on any atom is -0.308 e. The van der Waals surface area contributed by atoms with Gasteiger partial charge in [-0.2, -0.15) is 11.3 Å². The molecule has 2 heterocycles. The van der Waals surface area contributed by atoms with E-state index >= 15 is 0 Å². The number of aryl methyl sites for hydroxylation is 1. The van der Waals surface area contributed by atoms with Gasteiger partial charge in [-0.05, 0) is 55.5 Å². The number of hydrogen-bond donors (Lipinski definition) is 0. The molecule has 0 aliphatic carbocycles. The first-order valence-corrected chi connectivity index (χ1v) is 7.88. The van der Waals surface area contributed by atoms with Gasteiger partial charge in [-0.1, -0.05) is 6.07 Å². The van der Waals surface area contributed by atoms with Crippen LogP contribution < -0.4 is 0 Å². The Labute approximate surface area is 125 Å². The van der Waals surface area contributed by atoms with Gasteiger partial charge in [-0.15, -0.1) is 0 Å². The van der Waals surface area contributed by atoms with Gasteiger partial charge in [0.05, 0.1) is 5.69 Å². The van der Waals surface area contributed by atoms with E-state index in [1.54, 1.807) is 11.3 Å². The maximum Gasteiger partial charge on any atom is 0.0547 e. The van der Waals surface area contributed by atoms with E-state index in [0.29, 0.717) is 0 Å². The Morgan fingerprint density at radius 1 is 1.10 bits per heavy atom. The van der Waals surface area contributed by atoms with Crippen LogP contribution >= 0.6 is 11.3 Å². The van der Waals surface area contributed by atoms with Crippen LogP contribution in [-0.2, 0) is 13.1 Å². The van der Waals surface area contributed by atoms with Crippen molar-refractivity contribution in [3.8, 4) is 0 Å². The molecule has 2 rings (SSSR count). The third-order valence-electron chi connectivity index (χ3n) is 3.18. The van der Waals surface area contributed by atoms with Crippen LogP contribution in [0, 0.1) is 6.92 Å². The Bertz CT molecular complexity index is 508. The predicted octanol–water partition coefficient (Wildman–Crippen LogP) is 3.02. The highest BCUT2D eigenvalue weighted by Crippen LogP contribution is 2.12. The van der Waals surface area contributed by atoms with Crippen molar-refractivity contribution in [2.45, 2.75) is 20.0 Å². The van der Waals surface area contributed by atoms with Crippen LogP contribution in [0.15, 0.2) is 35.0 Å². The average Bonchev–Trinajstić information content (AvgIpc) is 2.89. The molecule has 0 aromatic carbocycles. The number of thiophene rings is 1. The molecule has 2 aromatic rings. The lowest BCUT2D eigenvalue weighted by atomic mass is 10.2. The number of rotatable bonds is 7. The maximum atomic E-state index is 4.62. The van der Waals surface area contributed by atoms with E-state index in [9.17, 15) is 0 Å². The largest absolute Gasteiger partial charge is 0.308 e. The summed E-state index contributed by atoms with van der Waals surface area (Å²) >= 11 is 1.76. The van der Waals surface area contributed by atoms with Crippen molar-refractivity contribution in [3.05, 3.63) is 52.0 Å². The monoisotopic (exact) mass is 289 g/mol. The molecule has 0 atom stereocenters. The second kappa shape index (κ2) is 7.53. The maximum absolute atomic E-state index is 4.62. The molecule has 0 spiro atoms. The minimum absolute atomic E-state index is 0.908. The number of pyridine rings is 1. The van der Waals surface area contributed by atoms with Gasteiger partial charge in [0, 0.05) is 31.9 Å². The summed E-state index contributed by atoms with van der Waals surface area (Å²) in [5.74, 6) is 0. The number of likely N-dealkylation sites (N-methyl/N-ethyl adjacent to an activating group) is 1. The molecule has 0 aliphatic rings. The van der Waals surface area contributed by atoms with Crippen LogP contribution in [0.4, 0.5) is 0 Å². The molecule has 20 heavy (non-hydrogen) atoms. The fraction of sp³-hybridized carbons (Fsp3) is 0.438. The molecule has 0 amide bonds. The Morgan fingerprint density at radius 2 is 1.95 bits per heavy atom. The van der Waals surface area contributed by atoms with Crippen LogP contribution in [0.1, 0.15) is 17.0 Å². The zero-order valence-corrected chi connectivity index (χ0v) is 13.4. The quantitative estimate of drug-likeness (QED) is 0.781. The molecule has 3 nitrogen and oxygen atoms in total. The lowest BCUT2D eigenvalue weighted by Gasteiger charge is -2.23. The molecule has 108 valence electrons. The Balaban J connectivity index is 2.01. The van der Waals surface area contributed by atoms with Crippen LogP contribution in [0.5, 0.6) is 0 Å². The van der Waals surface area contributed by atoms with E-state index in [-0.39, 0.29) is 0 Å². The van der Waals surface area contributed by atoms with Gasteiger partial charge in [0.1, 0.15) is 0 Å². The van der Waals surface area contributed by atoms with E-state index in [2.05, 4.69) is 57.8 Å². The average molecular weight is 289 g/mol. The molecule has 2 aromatic heterocycles. The molecule has 0 radical (unpaired) electrons. The van der Waals surface area contributed by atoms with Crippen molar-refractivity contribution in [2.75, 3.05) is 27.2 Å². The lowest BCUT2D eigenvalue weighted by molar-refractivity contribution is 0.224. The van der Waals surface area contributed by atoms with E-state index in [4.69, 9.17) is 0 Å². The summed E-state index contributed by atoms with van der Waals surface area (Å²) in [5, 5.41) is 4.37. The third kappa shape index (κ3) is 5.04. The molecule has 0 aliphatic heterocycles. The zero-order valence-electron chi connectivity index (χ0n) is 12.5. The lowest BCUT2D eigenvalue weighted by Crippen LogP contribution is -2.31.